The second-order valence-corrected chi connectivity index (χ2v) is 4.84. The molecule has 1 aromatic rings. The summed E-state index contributed by atoms with van der Waals surface area (Å²) in [7, 11) is 0. The maximum atomic E-state index is 12.3. The third-order valence-corrected chi connectivity index (χ3v) is 3.48. The standard InChI is InChI=1S/C14H21N3O3/c1-3-15-12-9-20-8-11(12)14(19)16-10-5-6-13(18)17(4-2)7-10/h5-7,11-12,15H,3-4,8-9H2,1-2H3,(H,16,19). The first kappa shape index (κ1) is 14.7. The quantitative estimate of drug-likeness (QED) is 0.820. The van der Waals surface area contributed by atoms with Gasteiger partial charge in [0.25, 0.3) is 5.56 Å². The summed E-state index contributed by atoms with van der Waals surface area (Å²) in [5.41, 5.74) is 0.568. The van der Waals surface area contributed by atoms with E-state index in [0.717, 1.165) is 6.54 Å². The molecule has 2 rings (SSSR count). The van der Waals surface area contributed by atoms with Gasteiger partial charge in [0.2, 0.25) is 5.91 Å². The summed E-state index contributed by atoms with van der Waals surface area (Å²) < 4.78 is 6.92. The predicted octanol–water partition coefficient (Wildman–Crippen LogP) is 0.431. The fraction of sp³-hybridized carbons (Fsp3) is 0.571. The van der Waals surface area contributed by atoms with Crippen molar-refractivity contribution in [1.29, 1.82) is 0 Å². The van der Waals surface area contributed by atoms with Crippen molar-refractivity contribution in [2.24, 2.45) is 5.92 Å². The third kappa shape index (κ3) is 3.26. The number of amides is 1. The van der Waals surface area contributed by atoms with E-state index in [-0.39, 0.29) is 23.4 Å². The van der Waals surface area contributed by atoms with Crippen molar-refractivity contribution < 1.29 is 9.53 Å². The zero-order valence-electron chi connectivity index (χ0n) is 11.9. The molecule has 1 fully saturated rings. The van der Waals surface area contributed by atoms with Crippen LogP contribution in [-0.2, 0) is 16.1 Å². The third-order valence-electron chi connectivity index (χ3n) is 3.48. The molecular formula is C14H21N3O3. The number of ether oxygens (including phenoxy) is 1. The van der Waals surface area contributed by atoms with Gasteiger partial charge in [-0.2, -0.15) is 0 Å². The number of carbonyl (C=O) groups excluding carboxylic acids is 1. The number of carbonyl (C=O) groups is 1. The highest BCUT2D eigenvalue weighted by Crippen LogP contribution is 2.16. The van der Waals surface area contributed by atoms with Crippen molar-refractivity contribution >= 4 is 11.6 Å². The molecule has 1 saturated heterocycles. The Bertz CT molecular complexity index is 527. The summed E-state index contributed by atoms with van der Waals surface area (Å²) in [6.07, 6.45) is 1.66. The van der Waals surface area contributed by atoms with Crippen molar-refractivity contribution in [3.05, 3.63) is 28.7 Å². The Morgan fingerprint density at radius 3 is 2.90 bits per heavy atom. The van der Waals surface area contributed by atoms with Crippen LogP contribution in [0.4, 0.5) is 5.69 Å². The van der Waals surface area contributed by atoms with E-state index >= 15 is 0 Å². The van der Waals surface area contributed by atoms with E-state index in [2.05, 4.69) is 10.6 Å². The van der Waals surface area contributed by atoms with Crippen LogP contribution in [0.1, 0.15) is 13.8 Å². The van der Waals surface area contributed by atoms with E-state index in [0.29, 0.717) is 25.4 Å². The molecule has 6 nitrogen and oxygen atoms in total. The van der Waals surface area contributed by atoms with Gasteiger partial charge in [0.1, 0.15) is 0 Å². The molecule has 0 radical (unpaired) electrons. The van der Waals surface area contributed by atoms with E-state index in [1.165, 1.54) is 6.07 Å². The Labute approximate surface area is 118 Å². The molecule has 0 spiro atoms. The van der Waals surface area contributed by atoms with E-state index in [1.54, 1.807) is 16.8 Å². The summed E-state index contributed by atoms with van der Waals surface area (Å²) in [6, 6.07) is 3.15. The van der Waals surface area contributed by atoms with Crippen LogP contribution in [0.15, 0.2) is 23.1 Å². The number of nitrogens with one attached hydrogen (secondary N) is 2. The lowest BCUT2D eigenvalue weighted by Gasteiger charge is -2.18. The number of rotatable bonds is 5. The van der Waals surface area contributed by atoms with Gasteiger partial charge in [-0.1, -0.05) is 6.92 Å². The summed E-state index contributed by atoms with van der Waals surface area (Å²) >= 11 is 0. The van der Waals surface area contributed by atoms with Gasteiger partial charge < -0.3 is 19.9 Å². The molecule has 1 aromatic heterocycles. The van der Waals surface area contributed by atoms with Crippen molar-refractivity contribution in [1.82, 2.24) is 9.88 Å². The summed E-state index contributed by atoms with van der Waals surface area (Å²) in [4.78, 5) is 23.8. The Morgan fingerprint density at radius 1 is 1.40 bits per heavy atom. The van der Waals surface area contributed by atoms with Gasteiger partial charge in [0.05, 0.1) is 24.8 Å². The molecule has 0 aliphatic carbocycles. The number of aromatic nitrogens is 1. The number of anilines is 1. The van der Waals surface area contributed by atoms with E-state index in [1.807, 2.05) is 13.8 Å². The molecule has 0 aromatic carbocycles. The van der Waals surface area contributed by atoms with Crippen LogP contribution in [0.25, 0.3) is 0 Å². The highest BCUT2D eigenvalue weighted by molar-refractivity contribution is 5.93. The molecule has 1 aliphatic heterocycles. The molecule has 20 heavy (non-hydrogen) atoms. The molecule has 1 amide bonds. The number of pyridine rings is 1. The highest BCUT2D eigenvalue weighted by atomic mass is 16.5. The predicted molar refractivity (Wildman–Crippen MR) is 76.8 cm³/mol. The minimum Gasteiger partial charge on any atom is -0.379 e. The fourth-order valence-corrected chi connectivity index (χ4v) is 2.36. The van der Waals surface area contributed by atoms with Gasteiger partial charge in [-0.15, -0.1) is 0 Å². The van der Waals surface area contributed by atoms with Gasteiger partial charge in [-0.25, -0.2) is 0 Å². The van der Waals surface area contributed by atoms with Crippen LogP contribution in [0, 0.1) is 5.92 Å². The number of likely N-dealkylation sites (N-methyl/N-ethyl adjacent to an activating group) is 1. The normalized spacial score (nSPS) is 21.9. The first-order chi connectivity index (χ1) is 9.65. The number of nitrogens with zero attached hydrogens (tertiary/aromatic N) is 1. The van der Waals surface area contributed by atoms with Crippen LogP contribution in [-0.4, -0.2) is 36.3 Å². The molecular weight excluding hydrogens is 258 g/mol. The Kier molecular flexibility index (Phi) is 4.92. The van der Waals surface area contributed by atoms with Crippen molar-refractivity contribution in [3.63, 3.8) is 0 Å². The fourth-order valence-electron chi connectivity index (χ4n) is 2.36. The van der Waals surface area contributed by atoms with Gasteiger partial charge in [-0.05, 0) is 19.5 Å². The maximum absolute atomic E-state index is 12.3. The van der Waals surface area contributed by atoms with Gasteiger partial charge in [0.15, 0.2) is 0 Å². The largest absolute Gasteiger partial charge is 0.379 e. The Hall–Kier alpha value is -1.66. The van der Waals surface area contributed by atoms with E-state index < -0.39 is 0 Å². The topological polar surface area (TPSA) is 72.4 Å². The van der Waals surface area contributed by atoms with Gasteiger partial charge in [-0.3, -0.25) is 9.59 Å². The average Bonchev–Trinajstić information content (AvgIpc) is 2.89. The number of hydrogen-bond acceptors (Lipinski definition) is 4. The molecule has 0 saturated carbocycles. The molecule has 1 aliphatic rings. The van der Waals surface area contributed by atoms with Gasteiger partial charge in [0, 0.05) is 24.8 Å². The van der Waals surface area contributed by atoms with Crippen LogP contribution >= 0.6 is 0 Å². The van der Waals surface area contributed by atoms with E-state index in [9.17, 15) is 9.59 Å². The lowest BCUT2D eigenvalue weighted by atomic mass is 10.0. The van der Waals surface area contributed by atoms with Crippen LogP contribution in [0.2, 0.25) is 0 Å². The molecule has 2 N–H and O–H groups in total. The Balaban J connectivity index is 2.05. The second-order valence-electron chi connectivity index (χ2n) is 4.84. The van der Waals surface area contributed by atoms with Crippen LogP contribution in [0.3, 0.4) is 0 Å². The minimum absolute atomic E-state index is 0.0529. The zero-order valence-corrected chi connectivity index (χ0v) is 11.9. The monoisotopic (exact) mass is 279 g/mol. The SMILES string of the molecule is CCNC1COCC1C(=O)Nc1ccc(=O)n(CC)c1. The van der Waals surface area contributed by atoms with Crippen molar-refractivity contribution in [2.75, 3.05) is 25.1 Å². The first-order valence-electron chi connectivity index (χ1n) is 6.98. The van der Waals surface area contributed by atoms with Gasteiger partial charge >= 0.3 is 0 Å². The smallest absolute Gasteiger partial charge is 0.250 e. The lowest BCUT2D eigenvalue weighted by molar-refractivity contribution is -0.120. The average molecular weight is 279 g/mol. The summed E-state index contributed by atoms with van der Waals surface area (Å²) in [5.74, 6) is -0.272. The zero-order chi connectivity index (χ0) is 14.5. The second kappa shape index (κ2) is 6.67. The number of aryl methyl sites for hydroxylation is 1. The molecule has 2 unspecified atom stereocenters. The lowest BCUT2D eigenvalue weighted by Crippen LogP contribution is -2.41. The minimum atomic E-state index is -0.197. The molecule has 0 bridgehead atoms. The van der Waals surface area contributed by atoms with Crippen LogP contribution in [0.5, 0.6) is 0 Å². The van der Waals surface area contributed by atoms with Crippen LogP contribution < -0.4 is 16.2 Å². The summed E-state index contributed by atoms with van der Waals surface area (Å²) in [6.45, 7) is 6.26. The molecule has 110 valence electrons. The van der Waals surface area contributed by atoms with Crippen molar-refractivity contribution in [2.45, 2.75) is 26.4 Å². The van der Waals surface area contributed by atoms with Crippen molar-refractivity contribution in [3.8, 4) is 0 Å². The first-order valence-corrected chi connectivity index (χ1v) is 6.98. The van der Waals surface area contributed by atoms with E-state index in [4.69, 9.17) is 4.74 Å². The molecule has 2 heterocycles. The maximum Gasteiger partial charge on any atom is 0.250 e. The number of hydrogen-bond donors (Lipinski definition) is 2. The molecule has 2 atom stereocenters. The molecule has 6 heteroatoms. The highest BCUT2D eigenvalue weighted by Gasteiger charge is 2.33. The Morgan fingerprint density at radius 2 is 2.20 bits per heavy atom. The summed E-state index contributed by atoms with van der Waals surface area (Å²) in [5, 5.41) is 6.11.